The number of rotatable bonds is 3. The van der Waals surface area contributed by atoms with Crippen LogP contribution in [0.25, 0.3) is 0 Å². The third-order valence-corrected chi connectivity index (χ3v) is 2.61. The van der Waals surface area contributed by atoms with Crippen LogP contribution in [-0.2, 0) is 0 Å². The Hall–Kier alpha value is -0.910. The van der Waals surface area contributed by atoms with E-state index in [1.807, 2.05) is 13.8 Å². The van der Waals surface area contributed by atoms with Gasteiger partial charge in [-0.2, -0.15) is 5.26 Å². The molecule has 0 aliphatic carbocycles. The van der Waals surface area contributed by atoms with E-state index in [9.17, 15) is 0 Å². The van der Waals surface area contributed by atoms with Crippen molar-refractivity contribution in [3.63, 3.8) is 0 Å². The first-order valence-electron chi connectivity index (χ1n) is 4.46. The Balaban J connectivity index is 2.91. The molecule has 0 radical (unpaired) electrons. The molecule has 1 aromatic rings. The summed E-state index contributed by atoms with van der Waals surface area (Å²) in [7, 11) is 0. The highest BCUT2D eigenvalue weighted by molar-refractivity contribution is 6.42. The van der Waals surface area contributed by atoms with Crippen LogP contribution in [-0.4, -0.2) is 5.60 Å². The standard InChI is InChI=1S/C11H11Cl2NO/c1-11(2,6-7-14)15-9-5-3-4-8(12)10(9)13/h3-5H,6H2,1-2H3. The lowest BCUT2D eigenvalue weighted by atomic mass is 10.1. The highest BCUT2D eigenvalue weighted by Gasteiger charge is 2.21. The van der Waals surface area contributed by atoms with Gasteiger partial charge in [0.15, 0.2) is 0 Å². The van der Waals surface area contributed by atoms with E-state index in [1.54, 1.807) is 18.2 Å². The van der Waals surface area contributed by atoms with Crippen molar-refractivity contribution < 1.29 is 4.74 Å². The van der Waals surface area contributed by atoms with Gasteiger partial charge in [0.2, 0.25) is 0 Å². The van der Waals surface area contributed by atoms with Crippen molar-refractivity contribution in [2.75, 3.05) is 0 Å². The Morgan fingerprint density at radius 2 is 2.07 bits per heavy atom. The number of halogens is 2. The van der Waals surface area contributed by atoms with Crippen LogP contribution in [0.3, 0.4) is 0 Å². The second-order valence-electron chi connectivity index (χ2n) is 3.75. The maximum atomic E-state index is 8.61. The van der Waals surface area contributed by atoms with E-state index in [2.05, 4.69) is 6.07 Å². The number of benzene rings is 1. The number of nitrogens with zero attached hydrogens (tertiary/aromatic N) is 1. The second-order valence-corrected chi connectivity index (χ2v) is 4.53. The van der Waals surface area contributed by atoms with Gasteiger partial charge in [0.1, 0.15) is 16.4 Å². The van der Waals surface area contributed by atoms with E-state index < -0.39 is 5.60 Å². The van der Waals surface area contributed by atoms with Crippen LogP contribution >= 0.6 is 23.2 Å². The largest absolute Gasteiger partial charge is 0.485 e. The van der Waals surface area contributed by atoms with Crippen molar-refractivity contribution in [1.29, 1.82) is 5.26 Å². The Kier molecular flexibility index (Phi) is 3.84. The Morgan fingerprint density at radius 1 is 1.40 bits per heavy atom. The van der Waals surface area contributed by atoms with Crippen LogP contribution < -0.4 is 4.74 Å². The van der Waals surface area contributed by atoms with Crippen LogP contribution in [0.15, 0.2) is 18.2 Å². The van der Waals surface area contributed by atoms with E-state index in [4.69, 9.17) is 33.2 Å². The fraction of sp³-hybridized carbons (Fsp3) is 0.364. The summed E-state index contributed by atoms with van der Waals surface area (Å²) in [5.41, 5.74) is -0.566. The second kappa shape index (κ2) is 4.74. The lowest BCUT2D eigenvalue weighted by Crippen LogP contribution is -2.27. The molecule has 0 heterocycles. The zero-order chi connectivity index (χ0) is 11.5. The molecular weight excluding hydrogens is 233 g/mol. The lowest BCUT2D eigenvalue weighted by molar-refractivity contribution is 0.115. The highest BCUT2D eigenvalue weighted by atomic mass is 35.5. The van der Waals surface area contributed by atoms with Crippen molar-refractivity contribution in [3.8, 4) is 11.8 Å². The minimum atomic E-state index is -0.566. The summed E-state index contributed by atoms with van der Waals surface area (Å²) < 4.78 is 5.61. The topological polar surface area (TPSA) is 33.0 Å². The molecule has 0 aliphatic heterocycles. The van der Waals surface area contributed by atoms with E-state index >= 15 is 0 Å². The van der Waals surface area contributed by atoms with Gasteiger partial charge in [-0.3, -0.25) is 0 Å². The van der Waals surface area contributed by atoms with Crippen LogP contribution in [0, 0.1) is 11.3 Å². The molecule has 15 heavy (non-hydrogen) atoms. The van der Waals surface area contributed by atoms with Crippen LogP contribution in [0.1, 0.15) is 20.3 Å². The molecule has 2 nitrogen and oxygen atoms in total. The number of ether oxygens (including phenoxy) is 1. The molecule has 0 bridgehead atoms. The summed E-state index contributed by atoms with van der Waals surface area (Å²) in [6.45, 7) is 3.65. The Labute approximate surface area is 99.4 Å². The fourth-order valence-corrected chi connectivity index (χ4v) is 1.42. The summed E-state index contributed by atoms with van der Waals surface area (Å²) >= 11 is 11.8. The molecule has 1 rings (SSSR count). The van der Waals surface area contributed by atoms with E-state index in [0.717, 1.165) is 0 Å². The Bertz CT molecular complexity index is 396. The van der Waals surface area contributed by atoms with Crippen LogP contribution in [0.4, 0.5) is 0 Å². The maximum Gasteiger partial charge on any atom is 0.140 e. The lowest BCUT2D eigenvalue weighted by Gasteiger charge is -2.24. The third-order valence-electron chi connectivity index (χ3n) is 1.81. The average molecular weight is 244 g/mol. The molecule has 0 aliphatic rings. The van der Waals surface area contributed by atoms with Gasteiger partial charge < -0.3 is 4.74 Å². The van der Waals surface area contributed by atoms with Crippen molar-refractivity contribution >= 4 is 23.2 Å². The van der Waals surface area contributed by atoms with Gasteiger partial charge in [0.05, 0.1) is 17.5 Å². The van der Waals surface area contributed by atoms with Crippen molar-refractivity contribution in [2.24, 2.45) is 0 Å². The van der Waals surface area contributed by atoms with E-state index in [0.29, 0.717) is 15.8 Å². The average Bonchev–Trinajstić information content (AvgIpc) is 2.12. The van der Waals surface area contributed by atoms with Crippen LogP contribution in [0.2, 0.25) is 10.0 Å². The third kappa shape index (κ3) is 3.30. The van der Waals surface area contributed by atoms with Gasteiger partial charge in [-0.25, -0.2) is 0 Å². The monoisotopic (exact) mass is 243 g/mol. The van der Waals surface area contributed by atoms with Gasteiger partial charge >= 0.3 is 0 Å². The molecule has 0 unspecified atom stereocenters. The molecule has 0 N–H and O–H groups in total. The van der Waals surface area contributed by atoms with Gasteiger partial charge in [0, 0.05) is 0 Å². The van der Waals surface area contributed by atoms with E-state index in [1.165, 1.54) is 0 Å². The molecule has 4 heteroatoms. The van der Waals surface area contributed by atoms with Crippen molar-refractivity contribution in [3.05, 3.63) is 28.2 Å². The minimum absolute atomic E-state index is 0.288. The van der Waals surface area contributed by atoms with Gasteiger partial charge in [-0.1, -0.05) is 29.3 Å². The number of nitriles is 1. The zero-order valence-corrected chi connectivity index (χ0v) is 10.1. The zero-order valence-electron chi connectivity index (χ0n) is 8.55. The van der Waals surface area contributed by atoms with Gasteiger partial charge in [-0.15, -0.1) is 0 Å². The molecule has 0 aromatic heterocycles. The molecule has 0 saturated heterocycles. The van der Waals surface area contributed by atoms with Crippen LogP contribution in [0.5, 0.6) is 5.75 Å². The van der Waals surface area contributed by atoms with E-state index in [-0.39, 0.29) is 6.42 Å². The summed E-state index contributed by atoms with van der Waals surface area (Å²) in [6.07, 6.45) is 0.288. The smallest absolute Gasteiger partial charge is 0.140 e. The molecular formula is C11H11Cl2NO. The van der Waals surface area contributed by atoms with Crippen molar-refractivity contribution in [2.45, 2.75) is 25.9 Å². The summed E-state index contributed by atoms with van der Waals surface area (Å²) in [5, 5.41) is 9.44. The summed E-state index contributed by atoms with van der Waals surface area (Å²) in [4.78, 5) is 0. The van der Waals surface area contributed by atoms with Gasteiger partial charge in [-0.05, 0) is 26.0 Å². The predicted molar refractivity (Wildman–Crippen MR) is 61.4 cm³/mol. The first-order chi connectivity index (χ1) is 6.96. The predicted octanol–water partition coefficient (Wildman–Crippen LogP) is 4.06. The fourth-order valence-electron chi connectivity index (χ4n) is 1.09. The van der Waals surface area contributed by atoms with Gasteiger partial charge in [0.25, 0.3) is 0 Å². The molecule has 0 spiro atoms. The molecule has 0 saturated carbocycles. The SMILES string of the molecule is CC(C)(CC#N)Oc1cccc(Cl)c1Cl. The first kappa shape index (κ1) is 12.2. The first-order valence-corrected chi connectivity index (χ1v) is 5.22. The normalized spacial score (nSPS) is 10.9. The number of hydrogen-bond donors (Lipinski definition) is 0. The molecule has 80 valence electrons. The highest BCUT2D eigenvalue weighted by Crippen LogP contribution is 2.34. The molecule has 0 fully saturated rings. The number of hydrogen-bond acceptors (Lipinski definition) is 2. The quantitative estimate of drug-likeness (QED) is 0.802. The summed E-state index contributed by atoms with van der Waals surface area (Å²) in [5.74, 6) is 0.504. The molecule has 0 atom stereocenters. The maximum absolute atomic E-state index is 8.61. The minimum Gasteiger partial charge on any atom is -0.485 e. The summed E-state index contributed by atoms with van der Waals surface area (Å²) in [6, 6.07) is 7.24. The Morgan fingerprint density at radius 3 is 2.67 bits per heavy atom. The molecule has 1 aromatic carbocycles. The molecule has 0 amide bonds. The van der Waals surface area contributed by atoms with Crippen molar-refractivity contribution in [1.82, 2.24) is 0 Å².